The van der Waals surface area contributed by atoms with Crippen molar-refractivity contribution in [3.63, 3.8) is 0 Å². The van der Waals surface area contributed by atoms with E-state index in [-0.39, 0.29) is 25.1 Å². The number of halogens is 1. The highest BCUT2D eigenvalue weighted by atomic mass is 19.1. The zero-order valence-corrected chi connectivity index (χ0v) is 21.5. The molecule has 2 aromatic heterocycles. The number of amides is 3. The lowest BCUT2D eigenvalue weighted by Gasteiger charge is -2.36. The Morgan fingerprint density at radius 2 is 2.26 bits per heavy atom. The third-order valence-corrected chi connectivity index (χ3v) is 6.97. The second-order valence-electron chi connectivity index (χ2n) is 9.84. The first-order valence-corrected chi connectivity index (χ1v) is 12.7. The number of nitrogens with zero attached hydrogens (tertiary/aromatic N) is 3. The van der Waals surface area contributed by atoms with Gasteiger partial charge >= 0.3 is 12.1 Å². The van der Waals surface area contributed by atoms with E-state index in [4.69, 9.17) is 14.7 Å². The lowest BCUT2D eigenvalue weighted by atomic mass is 9.75. The Morgan fingerprint density at radius 1 is 1.47 bits per heavy atom. The van der Waals surface area contributed by atoms with Gasteiger partial charge in [0.15, 0.2) is 0 Å². The number of allylic oxidation sites excluding steroid dienone is 1. The number of hydrogen-bond acceptors (Lipinski definition) is 7. The molecular formula is C26H34FN7O4. The Balaban J connectivity index is 1.48. The minimum Gasteiger partial charge on any atom is -0.443 e. The molecule has 1 atom stereocenters. The summed E-state index contributed by atoms with van der Waals surface area (Å²) in [7, 11) is 0. The van der Waals surface area contributed by atoms with Gasteiger partial charge in [0.1, 0.15) is 29.6 Å². The van der Waals surface area contributed by atoms with Crippen LogP contribution in [-0.4, -0.2) is 63.7 Å². The Hall–Kier alpha value is -3.96. The average Bonchev–Trinajstić information content (AvgIpc) is 3.63. The van der Waals surface area contributed by atoms with Crippen molar-refractivity contribution in [3.8, 4) is 0 Å². The van der Waals surface area contributed by atoms with Gasteiger partial charge in [-0.3, -0.25) is 0 Å². The Bertz CT molecular complexity index is 1180. The van der Waals surface area contributed by atoms with Gasteiger partial charge in [-0.2, -0.15) is 0 Å². The summed E-state index contributed by atoms with van der Waals surface area (Å²) in [5.74, 6) is 1.05. The van der Waals surface area contributed by atoms with Crippen LogP contribution in [0.1, 0.15) is 61.1 Å². The minimum absolute atomic E-state index is 0.0468. The number of urea groups is 1. The van der Waals surface area contributed by atoms with Crippen LogP contribution in [-0.2, 0) is 11.3 Å². The van der Waals surface area contributed by atoms with E-state index in [9.17, 15) is 9.59 Å². The van der Waals surface area contributed by atoms with E-state index in [2.05, 4.69) is 32.3 Å². The molecule has 1 saturated heterocycles. The molecule has 38 heavy (non-hydrogen) atoms. The summed E-state index contributed by atoms with van der Waals surface area (Å²) in [5, 5.41) is 17.2. The lowest BCUT2D eigenvalue weighted by Crippen LogP contribution is -2.38. The summed E-state index contributed by atoms with van der Waals surface area (Å²) < 4.78 is 25.4. The normalized spacial score (nSPS) is 22.6. The number of aryl methyl sites for hydroxylation is 1. The molecule has 1 aliphatic heterocycles. The molecule has 0 bridgehead atoms. The quantitative estimate of drug-likeness (QED) is 0.254. The number of hydrogen-bond donors (Lipinski definition) is 4. The number of carbonyl (C=O) groups is 2. The smallest absolute Gasteiger partial charge is 0.408 e. The molecule has 0 spiro atoms. The second kappa shape index (κ2) is 12.1. The number of rotatable bonds is 11. The topological polar surface area (TPSA) is 149 Å². The molecule has 4 N–H and O–H groups in total. The summed E-state index contributed by atoms with van der Waals surface area (Å²) in [4.78, 5) is 34.0. The third-order valence-electron chi connectivity index (χ3n) is 6.97. The molecule has 204 valence electrons. The average molecular weight is 528 g/mol. The van der Waals surface area contributed by atoms with E-state index in [0.29, 0.717) is 73.7 Å². The monoisotopic (exact) mass is 527 g/mol. The SMILES string of the molecule is C=CCC1(F)CCC([C@H](NC(=O)OCc2cc(C)on2)c2c[nH]c(/C=C(\C=N)CN3CCNC3=O)n2)CC1. The number of H-pyrrole nitrogens is 1. The van der Waals surface area contributed by atoms with Crippen LogP contribution in [0.4, 0.5) is 14.0 Å². The summed E-state index contributed by atoms with van der Waals surface area (Å²) in [5.41, 5.74) is 0.387. The zero-order chi connectivity index (χ0) is 27.1. The number of alkyl carbamates (subject to hydrolysis) is 1. The number of aromatic amines is 1. The van der Waals surface area contributed by atoms with E-state index in [0.717, 1.165) is 0 Å². The Morgan fingerprint density at radius 3 is 2.89 bits per heavy atom. The third kappa shape index (κ3) is 6.87. The standard InChI is InChI=1S/C26H34FN7O4/c1-3-6-26(27)7-4-19(5-8-26)23(32-25(36)37-16-20-11-17(2)38-33-20)21-14-30-22(31-21)12-18(13-28)15-34-10-9-29-24(34)35/h3,11-14,19,23,28H,1,4-10,15-16H2,2H3,(H,29,35)(H,30,31)(H,32,36)/b18-12+,28-13?/t19?,23-,26?/m0/s1. The van der Waals surface area contributed by atoms with Crippen molar-refractivity contribution in [2.45, 2.75) is 57.3 Å². The van der Waals surface area contributed by atoms with Crippen LogP contribution in [0.3, 0.4) is 0 Å². The van der Waals surface area contributed by atoms with Crippen molar-refractivity contribution < 1.29 is 23.2 Å². The van der Waals surface area contributed by atoms with Gasteiger partial charge in [0.05, 0.1) is 11.7 Å². The van der Waals surface area contributed by atoms with Gasteiger partial charge in [0.25, 0.3) is 0 Å². The van der Waals surface area contributed by atoms with Crippen LogP contribution in [0, 0.1) is 18.3 Å². The first-order chi connectivity index (χ1) is 18.3. The fourth-order valence-corrected chi connectivity index (χ4v) is 4.96. The zero-order valence-electron chi connectivity index (χ0n) is 21.5. The van der Waals surface area contributed by atoms with E-state index < -0.39 is 17.8 Å². The highest BCUT2D eigenvalue weighted by Gasteiger charge is 2.38. The number of alkyl halides is 1. The molecule has 3 heterocycles. The maximum atomic E-state index is 15.1. The van der Waals surface area contributed by atoms with Gasteiger partial charge in [-0.1, -0.05) is 11.2 Å². The summed E-state index contributed by atoms with van der Waals surface area (Å²) in [6.45, 7) is 6.80. The molecule has 3 amide bonds. The van der Waals surface area contributed by atoms with E-state index in [1.807, 2.05) is 0 Å². The molecule has 2 fully saturated rings. The number of aromatic nitrogens is 3. The minimum atomic E-state index is -1.28. The maximum Gasteiger partial charge on any atom is 0.408 e. The second-order valence-corrected chi connectivity index (χ2v) is 9.84. The lowest BCUT2D eigenvalue weighted by molar-refractivity contribution is 0.0716. The predicted molar refractivity (Wildman–Crippen MR) is 138 cm³/mol. The van der Waals surface area contributed by atoms with Crippen LogP contribution in [0.5, 0.6) is 0 Å². The highest BCUT2D eigenvalue weighted by molar-refractivity contribution is 5.85. The summed E-state index contributed by atoms with van der Waals surface area (Å²) in [6, 6.07) is 1.01. The van der Waals surface area contributed by atoms with Gasteiger partial charge in [-0.05, 0) is 56.6 Å². The van der Waals surface area contributed by atoms with Crippen LogP contribution in [0.25, 0.3) is 6.08 Å². The van der Waals surface area contributed by atoms with E-state index in [1.54, 1.807) is 36.2 Å². The van der Waals surface area contributed by atoms with Gasteiger partial charge < -0.3 is 35.2 Å². The van der Waals surface area contributed by atoms with Crippen molar-refractivity contribution in [2.75, 3.05) is 19.6 Å². The van der Waals surface area contributed by atoms with E-state index in [1.165, 1.54) is 6.21 Å². The number of imidazole rings is 1. The van der Waals surface area contributed by atoms with Crippen molar-refractivity contribution in [2.24, 2.45) is 5.92 Å². The fraction of sp³-hybridized carbons (Fsp3) is 0.500. The van der Waals surface area contributed by atoms with Crippen LogP contribution >= 0.6 is 0 Å². The molecule has 12 heteroatoms. The first-order valence-electron chi connectivity index (χ1n) is 12.7. The molecule has 0 unspecified atom stereocenters. The molecule has 2 aromatic rings. The van der Waals surface area contributed by atoms with Crippen molar-refractivity contribution in [1.29, 1.82) is 5.41 Å². The molecule has 4 rings (SSSR count). The molecule has 0 aromatic carbocycles. The molecular weight excluding hydrogens is 493 g/mol. The highest BCUT2D eigenvalue weighted by Crippen LogP contribution is 2.42. The van der Waals surface area contributed by atoms with Crippen LogP contribution < -0.4 is 10.6 Å². The van der Waals surface area contributed by atoms with Crippen molar-refractivity contribution >= 4 is 24.4 Å². The fourth-order valence-electron chi connectivity index (χ4n) is 4.96. The van der Waals surface area contributed by atoms with Crippen LogP contribution in [0.2, 0.25) is 0 Å². The first kappa shape index (κ1) is 27.1. The summed E-state index contributed by atoms with van der Waals surface area (Å²) in [6.07, 6.45) is 7.70. The number of nitrogens with one attached hydrogen (secondary N) is 4. The predicted octanol–water partition coefficient (Wildman–Crippen LogP) is 4.21. The van der Waals surface area contributed by atoms with Crippen molar-refractivity contribution in [1.82, 2.24) is 30.7 Å². The Kier molecular flexibility index (Phi) is 8.59. The van der Waals surface area contributed by atoms with Crippen LogP contribution in [0.15, 0.2) is 35.0 Å². The largest absolute Gasteiger partial charge is 0.443 e. The molecule has 2 aliphatic rings. The van der Waals surface area contributed by atoms with Gasteiger partial charge in [0, 0.05) is 38.1 Å². The summed E-state index contributed by atoms with van der Waals surface area (Å²) >= 11 is 0. The van der Waals surface area contributed by atoms with Gasteiger partial charge in [-0.25, -0.2) is 19.0 Å². The number of ether oxygens (including phenoxy) is 1. The number of carbonyl (C=O) groups excluding carboxylic acids is 2. The van der Waals surface area contributed by atoms with Crippen molar-refractivity contribution in [3.05, 3.63) is 53.5 Å². The molecule has 1 saturated carbocycles. The van der Waals surface area contributed by atoms with Gasteiger partial charge in [0.2, 0.25) is 0 Å². The Labute approximate surface area is 220 Å². The molecule has 0 radical (unpaired) electrons. The van der Waals surface area contributed by atoms with Gasteiger partial charge in [-0.15, -0.1) is 6.58 Å². The molecule has 11 nitrogen and oxygen atoms in total. The maximum absolute atomic E-state index is 15.1. The van der Waals surface area contributed by atoms with E-state index >= 15 is 4.39 Å². The molecule has 1 aliphatic carbocycles.